The van der Waals surface area contributed by atoms with Gasteiger partial charge in [-0.05, 0) is 52.8 Å². The topological polar surface area (TPSA) is 12.0 Å². The molecule has 5 rings (SSSR count). The zero-order chi connectivity index (χ0) is 18.4. The van der Waals surface area contributed by atoms with Gasteiger partial charge in [-0.3, -0.25) is 0 Å². The molecule has 0 bridgehead atoms. The van der Waals surface area contributed by atoms with E-state index in [1.807, 2.05) is 12.1 Å². The van der Waals surface area contributed by atoms with Crippen LogP contribution in [-0.2, 0) is 0 Å². The summed E-state index contributed by atoms with van der Waals surface area (Å²) in [6.07, 6.45) is 5.69. The third-order valence-electron chi connectivity index (χ3n) is 5.79. The maximum absolute atomic E-state index is 6.56. The molecule has 0 spiro atoms. The largest absolute Gasteiger partial charge is 0.378 e. The van der Waals surface area contributed by atoms with Gasteiger partial charge in [-0.15, -0.1) is 0 Å². The number of hydrogen-bond acceptors (Lipinski definition) is 1. The third kappa shape index (κ3) is 2.86. The number of fused-ring (bicyclic) bond motifs is 3. The molecule has 1 aliphatic heterocycles. The van der Waals surface area contributed by atoms with Gasteiger partial charge >= 0.3 is 0 Å². The number of benzene rings is 3. The van der Waals surface area contributed by atoms with Gasteiger partial charge in [0.25, 0.3) is 0 Å². The summed E-state index contributed by atoms with van der Waals surface area (Å²) in [7, 11) is 0. The SMILES string of the molecule is Clc1cccc([C@@H]2Nc3ccc(-c4ccccc4)cc3[C@H]3C=CC[C@@H]32)c1Cl. The molecule has 27 heavy (non-hydrogen) atoms. The van der Waals surface area contributed by atoms with Gasteiger partial charge in [0, 0.05) is 11.6 Å². The number of rotatable bonds is 2. The average molecular weight is 392 g/mol. The summed E-state index contributed by atoms with van der Waals surface area (Å²) in [6, 6.07) is 23.4. The number of halogens is 2. The van der Waals surface area contributed by atoms with Crippen LogP contribution in [0.25, 0.3) is 11.1 Å². The van der Waals surface area contributed by atoms with Crippen molar-refractivity contribution in [1.82, 2.24) is 0 Å². The molecule has 0 unspecified atom stereocenters. The zero-order valence-corrected chi connectivity index (χ0v) is 16.2. The molecule has 1 N–H and O–H groups in total. The van der Waals surface area contributed by atoms with E-state index in [0.717, 1.165) is 12.0 Å². The second kappa shape index (κ2) is 6.74. The first kappa shape index (κ1) is 16.9. The zero-order valence-electron chi connectivity index (χ0n) is 14.7. The minimum atomic E-state index is 0.159. The van der Waals surface area contributed by atoms with Gasteiger partial charge in [-0.1, -0.05) is 83.9 Å². The van der Waals surface area contributed by atoms with E-state index < -0.39 is 0 Å². The average Bonchev–Trinajstić information content (AvgIpc) is 3.20. The van der Waals surface area contributed by atoms with E-state index >= 15 is 0 Å². The van der Waals surface area contributed by atoms with E-state index in [1.165, 1.54) is 22.4 Å². The standard InChI is InChI=1S/C24H19Cl2N/c25-21-11-5-10-19(23(21)26)24-18-9-4-8-17(18)20-14-16(12-13-22(20)27-24)15-6-2-1-3-7-15/h1-8,10-14,17-18,24,27H,9H2/t17-,18-,24+/m0/s1. The summed E-state index contributed by atoms with van der Waals surface area (Å²) in [5.41, 5.74) is 6.14. The Morgan fingerprint density at radius 1 is 0.815 bits per heavy atom. The summed E-state index contributed by atoms with van der Waals surface area (Å²) in [5.74, 6) is 0.837. The molecule has 1 nitrogen and oxygen atoms in total. The first-order valence-electron chi connectivity index (χ1n) is 9.29. The molecule has 0 amide bonds. The second-order valence-electron chi connectivity index (χ2n) is 7.29. The minimum Gasteiger partial charge on any atom is -0.378 e. The lowest BCUT2D eigenvalue weighted by atomic mass is 9.76. The Balaban J connectivity index is 1.59. The number of hydrogen-bond donors (Lipinski definition) is 1. The van der Waals surface area contributed by atoms with Crippen molar-refractivity contribution in [1.29, 1.82) is 0 Å². The molecule has 3 aromatic rings. The van der Waals surface area contributed by atoms with Crippen molar-refractivity contribution in [3.63, 3.8) is 0 Å². The highest BCUT2D eigenvalue weighted by molar-refractivity contribution is 6.42. The normalized spacial score (nSPS) is 22.8. The van der Waals surface area contributed by atoms with Crippen LogP contribution >= 0.6 is 23.2 Å². The Kier molecular flexibility index (Phi) is 4.22. The summed E-state index contributed by atoms with van der Waals surface area (Å²) in [5, 5.41) is 5.02. The first-order chi connectivity index (χ1) is 13.2. The summed E-state index contributed by atoms with van der Waals surface area (Å²) >= 11 is 12.8. The molecule has 2 aliphatic rings. The molecule has 3 atom stereocenters. The fraction of sp³-hybridized carbons (Fsp3) is 0.167. The highest BCUT2D eigenvalue weighted by Gasteiger charge is 2.38. The molecule has 1 aliphatic carbocycles. The van der Waals surface area contributed by atoms with E-state index in [0.29, 0.717) is 21.9 Å². The predicted molar refractivity (Wildman–Crippen MR) is 115 cm³/mol. The summed E-state index contributed by atoms with van der Waals surface area (Å²) < 4.78 is 0. The van der Waals surface area contributed by atoms with Crippen LogP contribution in [0, 0.1) is 5.92 Å². The van der Waals surface area contributed by atoms with E-state index in [-0.39, 0.29) is 6.04 Å². The molecule has 0 aromatic heterocycles. The van der Waals surface area contributed by atoms with E-state index in [9.17, 15) is 0 Å². The maximum Gasteiger partial charge on any atom is 0.0645 e. The van der Waals surface area contributed by atoms with Crippen LogP contribution in [0.4, 0.5) is 5.69 Å². The second-order valence-corrected chi connectivity index (χ2v) is 8.07. The van der Waals surface area contributed by atoms with Gasteiger partial charge in [0.2, 0.25) is 0 Å². The Labute approximate surface area is 169 Å². The molecular formula is C24H19Cl2N. The molecule has 0 saturated heterocycles. The molecule has 0 saturated carbocycles. The van der Waals surface area contributed by atoms with Crippen LogP contribution in [0.5, 0.6) is 0 Å². The van der Waals surface area contributed by atoms with Crippen molar-refractivity contribution >= 4 is 28.9 Å². The lowest BCUT2D eigenvalue weighted by Gasteiger charge is -2.38. The maximum atomic E-state index is 6.56. The van der Waals surface area contributed by atoms with Gasteiger partial charge in [0.05, 0.1) is 16.1 Å². The van der Waals surface area contributed by atoms with Crippen LogP contribution < -0.4 is 5.32 Å². The fourth-order valence-electron chi connectivity index (χ4n) is 4.47. The summed E-state index contributed by atoms with van der Waals surface area (Å²) in [6.45, 7) is 0. The van der Waals surface area contributed by atoms with Crippen LogP contribution in [0.1, 0.15) is 29.5 Å². The van der Waals surface area contributed by atoms with E-state index in [1.54, 1.807) is 0 Å². The molecule has 0 radical (unpaired) electrons. The smallest absolute Gasteiger partial charge is 0.0645 e. The van der Waals surface area contributed by atoms with Gasteiger partial charge in [-0.2, -0.15) is 0 Å². The molecule has 134 valence electrons. The number of allylic oxidation sites excluding steroid dienone is 2. The summed E-state index contributed by atoms with van der Waals surface area (Å²) in [4.78, 5) is 0. The van der Waals surface area contributed by atoms with Crippen LogP contribution in [0.2, 0.25) is 10.0 Å². The minimum absolute atomic E-state index is 0.159. The third-order valence-corrected chi connectivity index (χ3v) is 6.62. The number of anilines is 1. The molecule has 3 aromatic carbocycles. The Hall–Kier alpha value is -2.22. The molecular weight excluding hydrogens is 373 g/mol. The van der Waals surface area contributed by atoms with Gasteiger partial charge in [0.15, 0.2) is 0 Å². The molecule has 0 fully saturated rings. The highest BCUT2D eigenvalue weighted by Crippen LogP contribution is 2.51. The van der Waals surface area contributed by atoms with Crippen molar-refractivity contribution in [3.05, 3.63) is 100 Å². The van der Waals surface area contributed by atoms with Crippen molar-refractivity contribution in [3.8, 4) is 11.1 Å². The van der Waals surface area contributed by atoms with Crippen LogP contribution in [0.3, 0.4) is 0 Å². The van der Waals surface area contributed by atoms with E-state index in [2.05, 4.69) is 72.1 Å². The molecule has 1 heterocycles. The van der Waals surface area contributed by atoms with Crippen molar-refractivity contribution in [2.24, 2.45) is 5.92 Å². The number of nitrogens with one attached hydrogen (secondary N) is 1. The van der Waals surface area contributed by atoms with Gasteiger partial charge in [0.1, 0.15) is 0 Å². The Bertz CT molecular complexity index is 1030. The lowest BCUT2D eigenvalue weighted by molar-refractivity contribution is 0.426. The van der Waals surface area contributed by atoms with Gasteiger partial charge in [-0.25, -0.2) is 0 Å². The Morgan fingerprint density at radius 3 is 2.52 bits per heavy atom. The van der Waals surface area contributed by atoms with Crippen molar-refractivity contribution in [2.45, 2.75) is 18.4 Å². The van der Waals surface area contributed by atoms with Gasteiger partial charge < -0.3 is 5.32 Å². The fourth-order valence-corrected chi connectivity index (χ4v) is 4.90. The van der Waals surface area contributed by atoms with Crippen molar-refractivity contribution in [2.75, 3.05) is 5.32 Å². The predicted octanol–water partition coefficient (Wildman–Crippen LogP) is 7.49. The molecule has 3 heteroatoms. The Morgan fingerprint density at radius 2 is 1.67 bits per heavy atom. The van der Waals surface area contributed by atoms with Crippen molar-refractivity contribution < 1.29 is 0 Å². The van der Waals surface area contributed by atoms with E-state index in [4.69, 9.17) is 23.2 Å². The lowest BCUT2D eigenvalue weighted by Crippen LogP contribution is -2.29. The highest BCUT2D eigenvalue weighted by atomic mass is 35.5. The monoisotopic (exact) mass is 391 g/mol. The first-order valence-corrected chi connectivity index (χ1v) is 10.0. The van der Waals surface area contributed by atoms with Crippen LogP contribution in [-0.4, -0.2) is 0 Å². The quantitative estimate of drug-likeness (QED) is 0.446. The van der Waals surface area contributed by atoms with Crippen LogP contribution in [0.15, 0.2) is 78.9 Å².